The molecule has 98 valence electrons. The summed E-state index contributed by atoms with van der Waals surface area (Å²) < 4.78 is 11.1. The van der Waals surface area contributed by atoms with Gasteiger partial charge in [-0.05, 0) is 20.4 Å². The van der Waals surface area contributed by atoms with Gasteiger partial charge in [-0.1, -0.05) is 6.92 Å². The summed E-state index contributed by atoms with van der Waals surface area (Å²) in [6.07, 6.45) is -0.962. The van der Waals surface area contributed by atoms with Crippen LogP contribution in [-0.4, -0.2) is 48.9 Å². The first-order valence-electron chi connectivity index (χ1n) is 6.09. The van der Waals surface area contributed by atoms with Crippen LogP contribution in [0.15, 0.2) is 4.99 Å². The van der Waals surface area contributed by atoms with Gasteiger partial charge >= 0.3 is 0 Å². The van der Waals surface area contributed by atoms with E-state index >= 15 is 0 Å². The van der Waals surface area contributed by atoms with Crippen molar-refractivity contribution in [3.8, 4) is 12.1 Å². The van der Waals surface area contributed by atoms with Gasteiger partial charge in [0.25, 0.3) is 0 Å². The summed E-state index contributed by atoms with van der Waals surface area (Å²) in [7, 11) is 0. The summed E-state index contributed by atoms with van der Waals surface area (Å²) in [5.41, 5.74) is 0.189. The number of likely N-dealkylation sites (N-methyl/N-ethyl adjacent to an activating group) is 1. The summed E-state index contributed by atoms with van der Waals surface area (Å²) in [5, 5.41) is 18.2. The van der Waals surface area contributed by atoms with Crippen molar-refractivity contribution in [1.29, 1.82) is 10.5 Å². The molecule has 0 bridgehead atoms. The van der Waals surface area contributed by atoms with E-state index in [9.17, 15) is 5.26 Å². The number of aliphatic imine (C=N–C) groups is 1. The first-order valence-corrected chi connectivity index (χ1v) is 6.09. The molecule has 0 aromatic rings. The highest BCUT2D eigenvalue weighted by Gasteiger charge is 2.39. The van der Waals surface area contributed by atoms with Crippen molar-refractivity contribution < 1.29 is 9.47 Å². The molecule has 0 fully saturated rings. The smallest absolute Gasteiger partial charge is 0.189 e. The van der Waals surface area contributed by atoms with E-state index in [1.165, 1.54) is 0 Å². The zero-order valence-electron chi connectivity index (χ0n) is 11.0. The van der Waals surface area contributed by atoms with Gasteiger partial charge in [-0.25, -0.2) is 4.99 Å². The van der Waals surface area contributed by atoms with Gasteiger partial charge < -0.3 is 9.47 Å². The maximum atomic E-state index is 9.18. The maximum Gasteiger partial charge on any atom is 0.189 e. The maximum absolute atomic E-state index is 9.18. The number of hydrogen-bond acceptors (Lipinski definition) is 6. The summed E-state index contributed by atoms with van der Waals surface area (Å²) >= 11 is 0. The van der Waals surface area contributed by atoms with Crippen molar-refractivity contribution >= 4 is 5.71 Å². The van der Waals surface area contributed by atoms with Crippen molar-refractivity contribution in [2.24, 2.45) is 4.99 Å². The van der Waals surface area contributed by atoms with Gasteiger partial charge in [-0.2, -0.15) is 10.5 Å². The predicted molar refractivity (Wildman–Crippen MR) is 65.7 cm³/mol. The molecule has 0 aromatic carbocycles. The highest BCUT2D eigenvalue weighted by Crippen LogP contribution is 2.21. The summed E-state index contributed by atoms with van der Waals surface area (Å²) in [5.74, 6) is 0. The van der Waals surface area contributed by atoms with Gasteiger partial charge in [0.1, 0.15) is 11.8 Å². The monoisotopic (exact) mass is 250 g/mol. The minimum Gasteiger partial charge on any atom is -0.358 e. The number of rotatable bonds is 5. The standard InChI is InChI=1S/C12H18N4O2/c1-4-16-10(8-14)9(7-13)15-11(17-5-2)12(16)18-6-3/h10-12H,4-6H2,1-3H3/t10-,11-,12-/m0/s1. The molecule has 3 atom stereocenters. The fraction of sp³-hybridized carbons (Fsp3) is 0.750. The van der Waals surface area contributed by atoms with E-state index in [2.05, 4.69) is 11.1 Å². The van der Waals surface area contributed by atoms with Gasteiger partial charge in [0.2, 0.25) is 0 Å². The molecule has 0 saturated carbocycles. The number of nitrogens with zero attached hydrogens (tertiary/aromatic N) is 4. The molecule has 1 heterocycles. The summed E-state index contributed by atoms with van der Waals surface area (Å²) in [6.45, 7) is 7.22. The molecule has 1 aliphatic heterocycles. The average Bonchev–Trinajstić information content (AvgIpc) is 2.39. The van der Waals surface area contributed by atoms with Crippen LogP contribution in [-0.2, 0) is 9.47 Å². The zero-order chi connectivity index (χ0) is 13.5. The van der Waals surface area contributed by atoms with Gasteiger partial charge in [-0.15, -0.1) is 0 Å². The van der Waals surface area contributed by atoms with Crippen LogP contribution in [0.2, 0.25) is 0 Å². The van der Waals surface area contributed by atoms with Crippen molar-refractivity contribution in [1.82, 2.24) is 4.90 Å². The lowest BCUT2D eigenvalue weighted by Crippen LogP contribution is -2.56. The minimum atomic E-state index is -0.659. The first-order chi connectivity index (χ1) is 8.73. The Kier molecular flexibility index (Phi) is 5.73. The van der Waals surface area contributed by atoms with Crippen LogP contribution < -0.4 is 0 Å². The Bertz CT molecular complexity index is 383. The number of nitriles is 2. The van der Waals surface area contributed by atoms with E-state index in [0.29, 0.717) is 19.8 Å². The van der Waals surface area contributed by atoms with Gasteiger partial charge in [0.15, 0.2) is 18.5 Å². The van der Waals surface area contributed by atoms with E-state index < -0.39 is 18.5 Å². The molecule has 0 aromatic heterocycles. The molecule has 0 radical (unpaired) electrons. The second-order valence-corrected chi connectivity index (χ2v) is 3.68. The van der Waals surface area contributed by atoms with Gasteiger partial charge in [0, 0.05) is 13.2 Å². The summed E-state index contributed by atoms with van der Waals surface area (Å²) in [6, 6.07) is 3.41. The van der Waals surface area contributed by atoms with Crippen LogP contribution in [0.25, 0.3) is 0 Å². The third-order valence-electron chi connectivity index (χ3n) is 2.70. The molecule has 0 amide bonds. The second kappa shape index (κ2) is 7.07. The number of hydrogen-bond donors (Lipinski definition) is 0. The zero-order valence-corrected chi connectivity index (χ0v) is 11.0. The molecular weight excluding hydrogens is 232 g/mol. The Morgan fingerprint density at radius 3 is 2.33 bits per heavy atom. The Morgan fingerprint density at radius 2 is 1.89 bits per heavy atom. The van der Waals surface area contributed by atoms with Crippen molar-refractivity contribution in [2.75, 3.05) is 19.8 Å². The van der Waals surface area contributed by atoms with Crippen LogP contribution in [0.4, 0.5) is 0 Å². The highest BCUT2D eigenvalue weighted by molar-refractivity contribution is 6.04. The molecule has 1 aliphatic rings. The Balaban J connectivity index is 3.10. The minimum absolute atomic E-state index is 0.189. The lowest BCUT2D eigenvalue weighted by atomic mass is 10.1. The van der Waals surface area contributed by atoms with Gasteiger partial charge in [0.05, 0.1) is 6.07 Å². The summed E-state index contributed by atoms with van der Waals surface area (Å²) in [4.78, 5) is 5.99. The molecule has 0 saturated heterocycles. The van der Waals surface area contributed by atoms with E-state index in [4.69, 9.17) is 14.7 Å². The third kappa shape index (κ3) is 2.85. The molecule has 0 aliphatic carbocycles. The lowest BCUT2D eigenvalue weighted by molar-refractivity contribution is -0.144. The third-order valence-corrected chi connectivity index (χ3v) is 2.70. The highest BCUT2D eigenvalue weighted by atomic mass is 16.6. The first kappa shape index (κ1) is 14.6. The fourth-order valence-corrected chi connectivity index (χ4v) is 1.97. The van der Waals surface area contributed by atoms with Crippen LogP contribution in [0.1, 0.15) is 20.8 Å². The van der Waals surface area contributed by atoms with Crippen molar-refractivity contribution in [3.05, 3.63) is 0 Å². The lowest BCUT2D eigenvalue weighted by Gasteiger charge is -2.39. The van der Waals surface area contributed by atoms with E-state index in [0.717, 1.165) is 0 Å². The molecule has 0 unspecified atom stereocenters. The van der Waals surface area contributed by atoms with Crippen LogP contribution in [0.5, 0.6) is 0 Å². The SMILES string of the molecule is CCO[C@@H]1N=C(C#N)[C@H](C#N)N(CC)[C@H]1OCC. The van der Waals surface area contributed by atoms with E-state index in [1.54, 1.807) is 4.90 Å². The molecule has 0 N–H and O–H groups in total. The van der Waals surface area contributed by atoms with Gasteiger partial charge in [-0.3, -0.25) is 4.90 Å². The molecule has 6 nitrogen and oxygen atoms in total. The average molecular weight is 250 g/mol. The number of ether oxygens (including phenoxy) is 2. The van der Waals surface area contributed by atoms with E-state index in [-0.39, 0.29) is 5.71 Å². The van der Waals surface area contributed by atoms with Crippen LogP contribution in [0, 0.1) is 22.7 Å². The molecular formula is C12H18N4O2. The molecule has 1 rings (SSSR count). The normalized spacial score (nSPS) is 28.3. The van der Waals surface area contributed by atoms with Crippen molar-refractivity contribution in [3.63, 3.8) is 0 Å². The Morgan fingerprint density at radius 1 is 1.22 bits per heavy atom. The Labute approximate surface area is 107 Å². The Hall–Kier alpha value is -1.47. The topological polar surface area (TPSA) is 81.6 Å². The van der Waals surface area contributed by atoms with Crippen LogP contribution in [0.3, 0.4) is 0 Å². The van der Waals surface area contributed by atoms with E-state index in [1.807, 2.05) is 26.8 Å². The quantitative estimate of drug-likeness (QED) is 0.724. The fourth-order valence-electron chi connectivity index (χ4n) is 1.97. The predicted octanol–water partition coefficient (Wildman–Crippen LogP) is 0.904. The molecule has 0 spiro atoms. The van der Waals surface area contributed by atoms with Crippen molar-refractivity contribution in [2.45, 2.75) is 39.3 Å². The molecule has 18 heavy (non-hydrogen) atoms. The largest absolute Gasteiger partial charge is 0.358 e. The van der Waals surface area contributed by atoms with Crippen LogP contribution >= 0.6 is 0 Å². The molecule has 6 heteroatoms. The second-order valence-electron chi connectivity index (χ2n) is 3.68.